The molecule has 3 heterocycles. The average Bonchev–Trinajstić information content (AvgIpc) is 3.44. The molecule has 3 aromatic heterocycles. The van der Waals surface area contributed by atoms with Crippen molar-refractivity contribution in [2.45, 2.75) is 0 Å². The van der Waals surface area contributed by atoms with E-state index < -0.39 is 0 Å². The van der Waals surface area contributed by atoms with Crippen molar-refractivity contribution in [2.75, 3.05) is 0 Å². The zero-order valence-corrected chi connectivity index (χ0v) is 26.3. The summed E-state index contributed by atoms with van der Waals surface area (Å²) in [6.45, 7) is 0. The molecule has 1 N–H and O–H groups in total. The zero-order chi connectivity index (χ0) is 29.5. The number of benzene rings is 5. The Balaban J connectivity index is 0.00000325. The number of phenols is 1. The standard InChI is InChI=1S/C40H26N3O.Pt/c44-39-21-20-29(27-11-3-1-4-12-27)24-35(39)37-26-31(28-13-5-2-6-14-28)25-36(42-37)30-15-9-16-32(23-30)43-38-19-8-7-17-33(38)34-18-10-22-41-40(34)43;/h1-22,24-26,44H;/q-1;. The minimum atomic E-state index is 0. The second kappa shape index (κ2) is 12.0. The van der Waals surface area contributed by atoms with Crippen LogP contribution in [-0.2, 0) is 21.1 Å². The molecule has 8 rings (SSSR count). The largest absolute Gasteiger partial charge is 0.507 e. The number of nitrogens with zero attached hydrogens (tertiary/aromatic N) is 3. The number of hydrogen-bond acceptors (Lipinski definition) is 3. The van der Waals surface area contributed by atoms with E-state index in [2.05, 4.69) is 77.4 Å². The average molecular weight is 760 g/mol. The van der Waals surface area contributed by atoms with Crippen LogP contribution in [0.15, 0.2) is 152 Å². The van der Waals surface area contributed by atoms with Crippen LogP contribution in [0.25, 0.3) is 72.4 Å². The van der Waals surface area contributed by atoms with Crippen LogP contribution in [0.4, 0.5) is 0 Å². The molecule has 8 aromatic rings. The molecule has 4 nitrogen and oxygen atoms in total. The number of rotatable bonds is 5. The molecule has 0 saturated heterocycles. The van der Waals surface area contributed by atoms with E-state index in [4.69, 9.17) is 9.97 Å². The maximum atomic E-state index is 11.1. The summed E-state index contributed by atoms with van der Waals surface area (Å²) in [5.41, 5.74) is 9.99. The third-order valence-electron chi connectivity index (χ3n) is 8.04. The normalized spacial score (nSPS) is 11.0. The van der Waals surface area contributed by atoms with Crippen LogP contribution in [0.5, 0.6) is 5.75 Å². The van der Waals surface area contributed by atoms with Crippen molar-refractivity contribution in [3.8, 4) is 56.2 Å². The van der Waals surface area contributed by atoms with Gasteiger partial charge in [-0.05, 0) is 70.0 Å². The summed E-state index contributed by atoms with van der Waals surface area (Å²) < 4.78 is 2.16. The first-order valence-corrected chi connectivity index (χ1v) is 14.6. The third kappa shape index (κ3) is 5.24. The Morgan fingerprint density at radius 3 is 2.04 bits per heavy atom. The van der Waals surface area contributed by atoms with E-state index in [9.17, 15) is 5.11 Å². The third-order valence-corrected chi connectivity index (χ3v) is 8.04. The van der Waals surface area contributed by atoms with Gasteiger partial charge in [-0.3, -0.25) is 4.98 Å². The van der Waals surface area contributed by atoms with Gasteiger partial charge in [0.05, 0.1) is 11.2 Å². The molecule has 0 fully saturated rings. The van der Waals surface area contributed by atoms with Gasteiger partial charge in [-0.1, -0.05) is 91.0 Å². The zero-order valence-electron chi connectivity index (χ0n) is 24.0. The predicted octanol–water partition coefficient (Wildman–Crippen LogP) is 9.74. The van der Waals surface area contributed by atoms with Gasteiger partial charge in [0.25, 0.3) is 0 Å². The fourth-order valence-corrected chi connectivity index (χ4v) is 5.93. The first-order valence-electron chi connectivity index (χ1n) is 14.6. The van der Waals surface area contributed by atoms with E-state index in [0.29, 0.717) is 11.3 Å². The van der Waals surface area contributed by atoms with Crippen LogP contribution < -0.4 is 0 Å². The van der Waals surface area contributed by atoms with E-state index in [-0.39, 0.29) is 26.8 Å². The van der Waals surface area contributed by atoms with Gasteiger partial charge in [-0.2, -0.15) is 0 Å². The molecular formula is C40H26N3OPt-. The molecule has 0 aliphatic rings. The first kappa shape index (κ1) is 28.5. The number of aromatic nitrogens is 3. The molecule has 0 radical (unpaired) electrons. The van der Waals surface area contributed by atoms with E-state index in [1.807, 2.05) is 79.0 Å². The number of para-hydroxylation sites is 1. The molecule has 5 aromatic carbocycles. The molecule has 0 aliphatic heterocycles. The number of pyridine rings is 2. The van der Waals surface area contributed by atoms with Crippen LogP contribution in [-0.4, -0.2) is 19.6 Å². The maximum absolute atomic E-state index is 11.1. The topological polar surface area (TPSA) is 50.9 Å². The van der Waals surface area contributed by atoms with E-state index in [1.165, 1.54) is 0 Å². The van der Waals surface area contributed by atoms with Gasteiger partial charge in [0, 0.05) is 43.6 Å². The maximum Gasteiger partial charge on any atom is 0.144 e. The second-order valence-corrected chi connectivity index (χ2v) is 10.8. The van der Waals surface area contributed by atoms with Crippen LogP contribution >= 0.6 is 0 Å². The summed E-state index contributed by atoms with van der Waals surface area (Å²) in [5, 5.41) is 13.3. The summed E-state index contributed by atoms with van der Waals surface area (Å²) in [5.74, 6) is 0.183. The van der Waals surface area contributed by atoms with Crippen LogP contribution in [0, 0.1) is 6.07 Å². The molecule has 0 unspecified atom stereocenters. The van der Waals surface area contributed by atoms with Crippen molar-refractivity contribution < 1.29 is 26.2 Å². The Hall–Kier alpha value is -5.31. The molecule has 0 bridgehead atoms. The molecule has 0 spiro atoms. The first-order chi connectivity index (χ1) is 21.7. The summed E-state index contributed by atoms with van der Waals surface area (Å²) >= 11 is 0. The van der Waals surface area contributed by atoms with Crippen molar-refractivity contribution in [1.82, 2.24) is 14.5 Å². The quantitative estimate of drug-likeness (QED) is 0.178. The van der Waals surface area contributed by atoms with Crippen molar-refractivity contribution >= 4 is 21.9 Å². The van der Waals surface area contributed by atoms with Crippen LogP contribution in [0.1, 0.15) is 0 Å². The molecular weight excluding hydrogens is 734 g/mol. The summed E-state index contributed by atoms with van der Waals surface area (Å²) in [6, 6.07) is 52.5. The van der Waals surface area contributed by atoms with Crippen LogP contribution in [0.2, 0.25) is 0 Å². The minimum absolute atomic E-state index is 0. The van der Waals surface area contributed by atoms with Gasteiger partial charge >= 0.3 is 0 Å². The Kier molecular flexibility index (Phi) is 7.59. The summed E-state index contributed by atoms with van der Waals surface area (Å²) in [6.07, 6.45) is 1.83. The summed E-state index contributed by atoms with van der Waals surface area (Å²) in [7, 11) is 0. The van der Waals surface area contributed by atoms with E-state index >= 15 is 0 Å². The predicted molar refractivity (Wildman–Crippen MR) is 179 cm³/mol. The monoisotopic (exact) mass is 759 g/mol. The van der Waals surface area contributed by atoms with Gasteiger partial charge in [0.15, 0.2) is 0 Å². The Morgan fingerprint density at radius 2 is 1.24 bits per heavy atom. The van der Waals surface area contributed by atoms with Crippen molar-refractivity contribution in [3.05, 3.63) is 158 Å². The summed E-state index contributed by atoms with van der Waals surface area (Å²) in [4.78, 5) is 9.87. The number of fused-ring (bicyclic) bond motifs is 3. The van der Waals surface area contributed by atoms with Crippen molar-refractivity contribution in [1.29, 1.82) is 0 Å². The Morgan fingerprint density at radius 1 is 0.556 bits per heavy atom. The molecule has 0 atom stereocenters. The second-order valence-electron chi connectivity index (χ2n) is 10.8. The SMILES string of the molecule is Oc1ccc(-c2ccccc2)cc1-c1cc(-c2ccccc2)cc(-c2[c-]c(-n3c4ccccc4c4cccnc43)ccc2)n1.[Pt]. The fourth-order valence-electron chi connectivity index (χ4n) is 5.93. The smallest absolute Gasteiger partial charge is 0.144 e. The fraction of sp³-hybridized carbons (Fsp3) is 0. The Bertz CT molecular complexity index is 2240. The van der Waals surface area contributed by atoms with Crippen molar-refractivity contribution in [2.24, 2.45) is 0 Å². The Labute approximate surface area is 275 Å². The molecule has 45 heavy (non-hydrogen) atoms. The van der Waals surface area contributed by atoms with E-state index in [1.54, 1.807) is 6.07 Å². The van der Waals surface area contributed by atoms with Crippen molar-refractivity contribution in [3.63, 3.8) is 0 Å². The number of phenolic OH excluding ortho intramolecular Hbond substituents is 1. The minimum Gasteiger partial charge on any atom is -0.507 e. The molecule has 0 saturated carbocycles. The number of hydrogen-bond donors (Lipinski definition) is 1. The molecule has 5 heteroatoms. The molecule has 0 amide bonds. The van der Waals surface area contributed by atoms with Gasteiger partial charge < -0.3 is 9.67 Å². The van der Waals surface area contributed by atoms with Gasteiger partial charge in [0.2, 0.25) is 0 Å². The van der Waals surface area contributed by atoms with Gasteiger partial charge in [0.1, 0.15) is 11.4 Å². The molecule has 0 aliphatic carbocycles. The van der Waals surface area contributed by atoms with Crippen LogP contribution in [0.3, 0.4) is 0 Å². The molecule has 218 valence electrons. The van der Waals surface area contributed by atoms with Gasteiger partial charge in [-0.25, -0.2) is 4.98 Å². The number of aromatic hydroxyl groups is 1. The van der Waals surface area contributed by atoms with Gasteiger partial charge in [-0.15, -0.1) is 29.8 Å². The van der Waals surface area contributed by atoms with E-state index in [0.717, 1.165) is 61.1 Å².